The highest BCUT2D eigenvalue weighted by Crippen LogP contribution is 2.56. The van der Waals surface area contributed by atoms with Gasteiger partial charge in [0, 0.05) is 70.8 Å². The van der Waals surface area contributed by atoms with E-state index in [9.17, 15) is 10.2 Å². The van der Waals surface area contributed by atoms with Crippen molar-refractivity contribution >= 4 is 0 Å². The lowest BCUT2D eigenvalue weighted by molar-refractivity contribution is 0.376. The van der Waals surface area contributed by atoms with Crippen LogP contribution in [0.3, 0.4) is 0 Å². The summed E-state index contributed by atoms with van der Waals surface area (Å²) in [5.41, 5.74) is 4.00. The van der Waals surface area contributed by atoms with Crippen LogP contribution in [0.1, 0.15) is 0 Å². The summed E-state index contributed by atoms with van der Waals surface area (Å²) in [5.74, 6) is 4.33. The van der Waals surface area contributed by atoms with Crippen molar-refractivity contribution < 1.29 is 67.1 Å². The molecule has 2 N–H and O–H groups in total. The Labute approximate surface area is 360 Å². The second-order valence-corrected chi connectivity index (χ2v) is 13.5. The van der Waals surface area contributed by atoms with Crippen molar-refractivity contribution in [1.29, 1.82) is 0 Å². The van der Waals surface area contributed by atoms with Crippen molar-refractivity contribution in [3.63, 3.8) is 0 Å². The average molecular weight is 851 g/mol. The molecule has 0 unspecified atom stereocenters. The van der Waals surface area contributed by atoms with Gasteiger partial charge in [0.2, 0.25) is 0 Å². The molecule has 14 heteroatoms. The Morgan fingerprint density at radius 2 is 0.403 bits per heavy atom. The van der Waals surface area contributed by atoms with Crippen LogP contribution in [0.2, 0.25) is 0 Å². The monoisotopic (exact) mass is 850 g/mol. The first-order chi connectivity index (χ1) is 30.0. The summed E-state index contributed by atoms with van der Waals surface area (Å²) < 4.78 is 69.6. The van der Waals surface area contributed by atoms with Crippen LogP contribution in [-0.2, 0) is 0 Å². The number of phenolic OH excluding ortho intramolecular Hbond substituents is 2. The molecule has 0 aliphatic heterocycles. The van der Waals surface area contributed by atoms with E-state index in [4.69, 9.17) is 56.8 Å². The summed E-state index contributed by atoms with van der Waals surface area (Å²) in [7, 11) is 18.2. The largest absolute Gasteiger partial charge is 0.507 e. The molecular weight excluding hydrogens is 801 g/mol. The van der Waals surface area contributed by atoms with Crippen LogP contribution in [0.25, 0.3) is 55.6 Å². The second-order valence-electron chi connectivity index (χ2n) is 13.5. The standard InChI is InChI=1S/C48H50O14/c1-51-27-17-35(55-5)43(36(18-27)56-6)31-13-25(14-32(47(31)49)44-37(57-7)19-28(52-2)20-38(44)58-8)26-15-33(45-39(59-9)21-29(53-3)22-40(45)60-10)48(50)34(16-26)46-41(61-11)23-30(54-4)24-42(46)62-12/h13-24,49-50H,1-12H3. The quantitative estimate of drug-likeness (QED) is 0.0896. The highest BCUT2D eigenvalue weighted by molar-refractivity contribution is 5.98. The van der Waals surface area contributed by atoms with Crippen LogP contribution in [0.5, 0.6) is 80.5 Å². The van der Waals surface area contributed by atoms with E-state index in [1.165, 1.54) is 85.3 Å². The molecule has 0 aromatic heterocycles. The molecule has 6 aromatic carbocycles. The zero-order chi connectivity index (χ0) is 44.8. The van der Waals surface area contributed by atoms with Crippen LogP contribution in [0, 0.1) is 0 Å². The fraction of sp³-hybridized carbons (Fsp3) is 0.250. The molecule has 326 valence electrons. The fourth-order valence-corrected chi connectivity index (χ4v) is 7.45. The van der Waals surface area contributed by atoms with Gasteiger partial charge in [-0.05, 0) is 35.4 Å². The van der Waals surface area contributed by atoms with E-state index in [-0.39, 0.29) is 11.5 Å². The molecule has 0 saturated heterocycles. The number of hydrogen-bond acceptors (Lipinski definition) is 14. The number of aromatic hydroxyl groups is 2. The Bertz CT molecular complexity index is 2150. The molecule has 0 aliphatic carbocycles. The van der Waals surface area contributed by atoms with Gasteiger partial charge in [-0.25, -0.2) is 0 Å². The van der Waals surface area contributed by atoms with Gasteiger partial charge in [0.1, 0.15) is 80.5 Å². The maximum Gasteiger partial charge on any atom is 0.134 e. The lowest BCUT2D eigenvalue weighted by atomic mass is 9.87. The van der Waals surface area contributed by atoms with Gasteiger partial charge < -0.3 is 67.1 Å². The van der Waals surface area contributed by atoms with E-state index < -0.39 is 0 Å². The van der Waals surface area contributed by atoms with E-state index >= 15 is 0 Å². The lowest BCUT2D eigenvalue weighted by Crippen LogP contribution is -2.00. The topological polar surface area (TPSA) is 151 Å². The molecule has 0 aliphatic rings. The maximum absolute atomic E-state index is 12.6. The van der Waals surface area contributed by atoms with Gasteiger partial charge in [-0.1, -0.05) is 0 Å². The number of phenols is 2. The predicted molar refractivity (Wildman–Crippen MR) is 236 cm³/mol. The summed E-state index contributed by atoms with van der Waals surface area (Å²) in [6, 6.07) is 20.7. The molecule has 14 nitrogen and oxygen atoms in total. The van der Waals surface area contributed by atoms with Gasteiger partial charge in [-0.15, -0.1) is 0 Å². The minimum Gasteiger partial charge on any atom is -0.507 e. The predicted octanol–water partition coefficient (Wildman–Crippen LogP) is 9.54. The van der Waals surface area contributed by atoms with Crippen LogP contribution < -0.4 is 56.8 Å². The third-order valence-corrected chi connectivity index (χ3v) is 10.5. The Hall–Kier alpha value is -7.48. The number of hydrogen-bond donors (Lipinski definition) is 2. The summed E-state index contributed by atoms with van der Waals surface area (Å²) in [4.78, 5) is 0. The van der Waals surface area contributed by atoms with Gasteiger partial charge in [-0.2, -0.15) is 0 Å². The molecule has 6 rings (SSSR count). The minimum absolute atomic E-state index is 0.159. The summed E-state index contributed by atoms with van der Waals surface area (Å²) in [5, 5.41) is 25.1. The zero-order valence-electron chi connectivity index (χ0n) is 36.7. The van der Waals surface area contributed by atoms with Crippen molar-refractivity contribution in [2.75, 3.05) is 85.3 Å². The first-order valence-electron chi connectivity index (χ1n) is 19.0. The van der Waals surface area contributed by atoms with Crippen molar-refractivity contribution in [3.8, 4) is 136 Å². The number of methoxy groups -OCH3 is 12. The van der Waals surface area contributed by atoms with E-state index in [1.807, 2.05) is 0 Å². The first kappa shape index (κ1) is 44.1. The number of benzene rings is 6. The Balaban J connectivity index is 1.85. The van der Waals surface area contributed by atoms with Crippen LogP contribution in [-0.4, -0.2) is 95.5 Å². The van der Waals surface area contributed by atoms with Crippen LogP contribution >= 0.6 is 0 Å². The smallest absolute Gasteiger partial charge is 0.134 e. The molecule has 6 aromatic rings. The minimum atomic E-state index is -0.159. The molecule has 62 heavy (non-hydrogen) atoms. The van der Waals surface area contributed by atoms with Gasteiger partial charge in [0.25, 0.3) is 0 Å². The maximum atomic E-state index is 12.6. The van der Waals surface area contributed by atoms with Crippen molar-refractivity contribution in [2.45, 2.75) is 0 Å². The second kappa shape index (κ2) is 18.8. The molecule has 0 bridgehead atoms. The molecule has 0 radical (unpaired) electrons. The number of rotatable bonds is 17. The fourth-order valence-electron chi connectivity index (χ4n) is 7.45. The molecule has 0 heterocycles. The van der Waals surface area contributed by atoms with Gasteiger partial charge in [-0.3, -0.25) is 0 Å². The van der Waals surface area contributed by atoms with Crippen molar-refractivity contribution in [2.24, 2.45) is 0 Å². The van der Waals surface area contributed by atoms with Crippen molar-refractivity contribution in [1.82, 2.24) is 0 Å². The summed E-state index contributed by atoms with van der Waals surface area (Å²) in [6.45, 7) is 0. The lowest BCUT2D eigenvalue weighted by Gasteiger charge is -2.23. The zero-order valence-corrected chi connectivity index (χ0v) is 36.7. The third-order valence-electron chi connectivity index (χ3n) is 10.5. The van der Waals surface area contributed by atoms with Crippen molar-refractivity contribution in [3.05, 3.63) is 72.8 Å². The van der Waals surface area contributed by atoms with Gasteiger partial charge in [0.15, 0.2) is 0 Å². The Kier molecular flexibility index (Phi) is 13.4. The SMILES string of the molecule is COc1cc(OC)c(-c2cc(-c3cc(-c4c(OC)cc(OC)cc4OC)c(O)c(-c4c(OC)cc(OC)cc4OC)c3)cc(-c3c(OC)cc(OC)cc3OC)c2O)c(OC)c1. The molecule has 0 fully saturated rings. The van der Waals surface area contributed by atoms with Gasteiger partial charge in [0.05, 0.1) is 108 Å². The van der Waals surface area contributed by atoms with Crippen LogP contribution in [0.15, 0.2) is 72.8 Å². The highest BCUT2D eigenvalue weighted by atomic mass is 16.5. The third kappa shape index (κ3) is 7.94. The molecular formula is C48H50O14. The normalized spacial score (nSPS) is 10.7. The molecule has 0 amide bonds. The average Bonchev–Trinajstić information content (AvgIpc) is 3.32. The highest BCUT2D eigenvalue weighted by Gasteiger charge is 2.29. The number of ether oxygens (including phenoxy) is 12. The Morgan fingerprint density at radius 3 is 0.532 bits per heavy atom. The van der Waals surface area contributed by atoms with E-state index in [0.29, 0.717) is 125 Å². The molecule has 0 spiro atoms. The Morgan fingerprint density at radius 1 is 0.242 bits per heavy atom. The summed E-state index contributed by atoms with van der Waals surface area (Å²) >= 11 is 0. The molecule has 0 saturated carbocycles. The molecule has 0 atom stereocenters. The van der Waals surface area contributed by atoms with E-state index in [2.05, 4.69) is 0 Å². The first-order valence-corrected chi connectivity index (χ1v) is 19.0. The summed E-state index contributed by atoms with van der Waals surface area (Å²) in [6.07, 6.45) is 0. The van der Waals surface area contributed by atoms with E-state index in [1.54, 1.807) is 72.8 Å². The van der Waals surface area contributed by atoms with Crippen LogP contribution in [0.4, 0.5) is 0 Å². The van der Waals surface area contributed by atoms with Gasteiger partial charge >= 0.3 is 0 Å². The van der Waals surface area contributed by atoms with E-state index in [0.717, 1.165) is 0 Å².